The summed E-state index contributed by atoms with van der Waals surface area (Å²) in [5, 5.41) is 11.2. The summed E-state index contributed by atoms with van der Waals surface area (Å²) in [7, 11) is 1.60. The van der Waals surface area contributed by atoms with Crippen LogP contribution in [0.15, 0.2) is 28.7 Å². The quantitative estimate of drug-likeness (QED) is 0.883. The van der Waals surface area contributed by atoms with Gasteiger partial charge in [0.25, 0.3) is 0 Å². The number of rotatable bonds is 4. The van der Waals surface area contributed by atoms with Gasteiger partial charge in [-0.1, -0.05) is 18.6 Å². The van der Waals surface area contributed by atoms with E-state index in [4.69, 9.17) is 9.15 Å². The Labute approximate surface area is 101 Å². The Hall–Kier alpha value is -1.32. The second-order valence-electron chi connectivity index (χ2n) is 4.32. The molecule has 0 saturated carbocycles. The molecule has 0 bridgehead atoms. The third kappa shape index (κ3) is 2.35. The van der Waals surface area contributed by atoms with E-state index in [2.05, 4.69) is 0 Å². The zero-order chi connectivity index (χ0) is 12.4. The maximum Gasteiger partial charge on any atom is 0.138 e. The summed E-state index contributed by atoms with van der Waals surface area (Å²) in [5.41, 5.74) is 1.98. The molecule has 1 aromatic heterocycles. The zero-order valence-corrected chi connectivity index (χ0v) is 10.4. The van der Waals surface area contributed by atoms with Crippen molar-refractivity contribution in [3.05, 3.63) is 35.6 Å². The molecule has 0 aliphatic heterocycles. The van der Waals surface area contributed by atoms with Crippen LogP contribution in [-0.4, -0.2) is 18.3 Å². The topological polar surface area (TPSA) is 42.6 Å². The van der Waals surface area contributed by atoms with E-state index in [-0.39, 0.29) is 6.10 Å². The first kappa shape index (κ1) is 12.1. The number of aryl methyl sites for hydroxylation is 1. The molecule has 0 fully saturated rings. The van der Waals surface area contributed by atoms with Crippen LogP contribution in [0.25, 0.3) is 11.0 Å². The largest absolute Gasteiger partial charge is 0.458 e. The fourth-order valence-corrected chi connectivity index (χ4v) is 2.03. The predicted molar refractivity (Wildman–Crippen MR) is 67.0 cm³/mol. The number of methoxy groups -OCH3 is 1. The predicted octanol–water partition coefficient (Wildman–Crippen LogP) is 3.20. The van der Waals surface area contributed by atoms with Gasteiger partial charge in [-0.2, -0.15) is 0 Å². The van der Waals surface area contributed by atoms with E-state index in [0.29, 0.717) is 5.76 Å². The van der Waals surface area contributed by atoms with Gasteiger partial charge in [0.15, 0.2) is 0 Å². The van der Waals surface area contributed by atoms with E-state index >= 15 is 0 Å². The van der Waals surface area contributed by atoms with Gasteiger partial charge in [0.1, 0.15) is 17.4 Å². The number of aliphatic hydroxyl groups is 1. The molecule has 92 valence electrons. The highest BCUT2D eigenvalue weighted by Crippen LogP contribution is 2.28. The van der Waals surface area contributed by atoms with Gasteiger partial charge in [-0.3, -0.25) is 0 Å². The van der Waals surface area contributed by atoms with Gasteiger partial charge in [-0.05, 0) is 31.5 Å². The number of benzene rings is 1. The van der Waals surface area contributed by atoms with Crippen LogP contribution >= 0.6 is 0 Å². The maximum atomic E-state index is 10.1. The van der Waals surface area contributed by atoms with Gasteiger partial charge in [0.2, 0.25) is 0 Å². The fourth-order valence-electron chi connectivity index (χ4n) is 2.03. The van der Waals surface area contributed by atoms with Crippen molar-refractivity contribution in [3.63, 3.8) is 0 Å². The van der Waals surface area contributed by atoms with E-state index in [1.807, 2.05) is 38.1 Å². The van der Waals surface area contributed by atoms with Crippen molar-refractivity contribution in [2.24, 2.45) is 0 Å². The normalized spacial score (nSPS) is 15.1. The molecule has 1 N–H and O–H groups in total. The number of ether oxygens (including phenoxy) is 1. The molecule has 0 aliphatic carbocycles. The SMILES string of the molecule is CCC(OC)C(O)c1cc2cc(C)ccc2o1. The molecule has 2 aromatic rings. The molecule has 0 spiro atoms. The van der Waals surface area contributed by atoms with Gasteiger partial charge >= 0.3 is 0 Å². The standard InChI is InChI=1S/C14H18O3/c1-4-11(16-3)14(15)13-8-10-7-9(2)5-6-12(10)17-13/h5-8,11,14-15H,4H2,1-3H3. The lowest BCUT2D eigenvalue weighted by Crippen LogP contribution is -2.19. The number of aliphatic hydroxyl groups excluding tert-OH is 1. The Morgan fingerprint density at radius 3 is 2.76 bits per heavy atom. The molecule has 1 heterocycles. The Kier molecular flexibility index (Phi) is 3.50. The van der Waals surface area contributed by atoms with E-state index in [9.17, 15) is 5.11 Å². The maximum absolute atomic E-state index is 10.1. The Morgan fingerprint density at radius 2 is 2.12 bits per heavy atom. The van der Waals surface area contributed by atoms with Crippen LogP contribution in [0.1, 0.15) is 30.8 Å². The van der Waals surface area contributed by atoms with Crippen LogP contribution in [0, 0.1) is 6.92 Å². The molecular formula is C14H18O3. The van der Waals surface area contributed by atoms with Crippen LogP contribution in [0.3, 0.4) is 0 Å². The summed E-state index contributed by atoms with van der Waals surface area (Å²) in [6.07, 6.45) is -0.192. The van der Waals surface area contributed by atoms with Crippen molar-refractivity contribution in [2.45, 2.75) is 32.5 Å². The zero-order valence-electron chi connectivity index (χ0n) is 10.4. The van der Waals surface area contributed by atoms with Crippen LogP contribution in [0.2, 0.25) is 0 Å². The van der Waals surface area contributed by atoms with Gasteiger partial charge in [-0.15, -0.1) is 0 Å². The molecule has 2 atom stereocenters. The van der Waals surface area contributed by atoms with Gasteiger partial charge in [0.05, 0.1) is 6.10 Å². The minimum atomic E-state index is -0.710. The summed E-state index contributed by atoms with van der Waals surface area (Å²) < 4.78 is 10.9. The molecule has 3 heteroatoms. The van der Waals surface area contributed by atoms with Crippen LogP contribution in [0.4, 0.5) is 0 Å². The second-order valence-corrected chi connectivity index (χ2v) is 4.32. The van der Waals surface area contributed by atoms with Gasteiger partial charge in [0, 0.05) is 12.5 Å². The molecule has 2 rings (SSSR count). The molecule has 0 amide bonds. The van der Waals surface area contributed by atoms with Crippen LogP contribution < -0.4 is 0 Å². The lowest BCUT2D eigenvalue weighted by molar-refractivity contribution is -0.0242. The van der Waals surface area contributed by atoms with E-state index < -0.39 is 6.10 Å². The molecule has 0 aliphatic rings. The van der Waals surface area contributed by atoms with Crippen molar-refractivity contribution >= 4 is 11.0 Å². The third-order valence-corrected chi connectivity index (χ3v) is 3.04. The minimum absolute atomic E-state index is 0.225. The highest BCUT2D eigenvalue weighted by atomic mass is 16.5. The summed E-state index contributed by atoms with van der Waals surface area (Å²) >= 11 is 0. The molecule has 3 nitrogen and oxygen atoms in total. The number of hydrogen-bond acceptors (Lipinski definition) is 3. The van der Waals surface area contributed by atoms with Crippen molar-refractivity contribution in [3.8, 4) is 0 Å². The smallest absolute Gasteiger partial charge is 0.138 e. The first-order chi connectivity index (χ1) is 8.15. The van der Waals surface area contributed by atoms with Crippen LogP contribution in [-0.2, 0) is 4.74 Å². The average molecular weight is 234 g/mol. The third-order valence-electron chi connectivity index (χ3n) is 3.04. The molecule has 0 saturated heterocycles. The van der Waals surface area contributed by atoms with Crippen molar-refractivity contribution < 1.29 is 14.3 Å². The Bertz CT molecular complexity index is 497. The van der Waals surface area contributed by atoms with E-state index in [1.54, 1.807) is 7.11 Å². The Morgan fingerprint density at radius 1 is 1.35 bits per heavy atom. The second kappa shape index (κ2) is 4.90. The number of hydrogen-bond donors (Lipinski definition) is 1. The summed E-state index contributed by atoms with van der Waals surface area (Å²) in [4.78, 5) is 0. The lowest BCUT2D eigenvalue weighted by Gasteiger charge is -2.17. The van der Waals surface area contributed by atoms with Gasteiger partial charge < -0.3 is 14.3 Å². The number of furan rings is 1. The molecule has 0 radical (unpaired) electrons. The molecular weight excluding hydrogens is 216 g/mol. The van der Waals surface area contributed by atoms with Gasteiger partial charge in [-0.25, -0.2) is 0 Å². The Balaban J connectivity index is 2.35. The van der Waals surface area contributed by atoms with Crippen molar-refractivity contribution in [1.82, 2.24) is 0 Å². The highest BCUT2D eigenvalue weighted by molar-refractivity contribution is 5.78. The first-order valence-corrected chi connectivity index (χ1v) is 5.86. The van der Waals surface area contributed by atoms with E-state index in [1.165, 1.54) is 5.56 Å². The van der Waals surface area contributed by atoms with Crippen molar-refractivity contribution in [1.29, 1.82) is 0 Å². The van der Waals surface area contributed by atoms with Crippen LogP contribution in [0.5, 0.6) is 0 Å². The van der Waals surface area contributed by atoms with E-state index in [0.717, 1.165) is 17.4 Å². The summed E-state index contributed by atoms with van der Waals surface area (Å²) in [6, 6.07) is 7.85. The molecule has 2 unspecified atom stereocenters. The molecule has 17 heavy (non-hydrogen) atoms. The number of fused-ring (bicyclic) bond motifs is 1. The summed E-state index contributed by atoms with van der Waals surface area (Å²) in [5.74, 6) is 0.569. The summed E-state index contributed by atoms with van der Waals surface area (Å²) in [6.45, 7) is 4.01. The first-order valence-electron chi connectivity index (χ1n) is 5.86. The lowest BCUT2D eigenvalue weighted by atomic mass is 10.1. The molecule has 1 aromatic carbocycles. The fraction of sp³-hybridized carbons (Fsp3) is 0.429. The highest BCUT2D eigenvalue weighted by Gasteiger charge is 2.22. The van der Waals surface area contributed by atoms with Crippen molar-refractivity contribution in [2.75, 3.05) is 7.11 Å². The average Bonchev–Trinajstić information content (AvgIpc) is 2.73. The monoisotopic (exact) mass is 234 g/mol. The minimum Gasteiger partial charge on any atom is -0.458 e.